The van der Waals surface area contributed by atoms with Crippen LogP contribution in [-0.2, 0) is 6.54 Å². The minimum Gasteiger partial charge on any atom is -0.488 e. The van der Waals surface area contributed by atoms with Gasteiger partial charge in [0.25, 0.3) is 5.56 Å². The van der Waals surface area contributed by atoms with Crippen LogP contribution >= 0.6 is 0 Å². The number of hydrogen-bond donors (Lipinski definition) is 0. The summed E-state index contributed by atoms with van der Waals surface area (Å²) in [6.07, 6.45) is 3.18. The molecule has 144 valence electrons. The molecule has 1 saturated carbocycles. The number of benzene rings is 1. The average Bonchev–Trinajstić information content (AvgIpc) is 3.04. The molecule has 0 amide bonds. The van der Waals surface area contributed by atoms with Gasteiger partial charge in [0.1, 0.15) is 24.7 Å². The molecule has 0 unspecified atom stereocenters. The second-order valence-electron chi connectivity index (χ2n) is 7.68. The summed E-state index contributed by atoms with van der Waals surface area (Å²) in [7, 11) is 0. The van der Waals surface area contributed by atoms with E-state index < -0.39 is 0 Å². The highest BCUT2D eigenvalue weighted by Crippen LogP contribution is 2.63. The maximum atomic E-state index is 12.8. The zero-order chi connectivity index (χ0) is 19.7. The van der Waals surface area contributed by atoms with Gasteiger partial charge in [0, 0.05) is 17.7 Å². The molecule has 1 fully saturated rings. The van der Waals surface area contributed by atoms with Crippen molar-refractivity contribution in [3.8, 4) is 5.75 Å². The lowest BCUT2D eigenvalue weighted by Gasteiger charge is -2.08. The van der Waals surface area contributed by atoms with Crippen LogP contribution in [0, 0.1) is 13.8 Å². The maximum Gasteiger partial charge on any atom is 0.263 e. The number of pyridine rings is 1. The fourth-order valence-electron chi connectivity index (χ4n) is 4.29. The van der Waals surface area contributed by atoms with Crippen molar-refractivity contribution < 1.29 is 9.26 Å². The van der Waals surface area contributed by atoms with Crippen LogP contribution in [0.4, 0.5) is 0 Å². The van der Waals surface area contributed by atoms with E-state index in [0.717, 1.165) is 16.9 Å². The molecular weight excluding hydrogens is 370 g/mol. The van der Waals surface area contributed by atoms with Gasteiger partial charge in [-0.15, -0.1) is 0 Å². The Hall–Kier alpha value is -3.55. The number of hydrogen-bond acceptors (Lipinski definition) is 7. The van der Waals surface area contributed by atoms with E-state index in [1.807, 2.05) is 13.0 Å². The first kappa shape index (κ1) is 16.4. The van der Waals surface area contributed by atoms with E-state index in [9.17, 15) is 4.79 Å². The van der Waals surface area contributed by atoms with E-state index in [2.05, 4.69) is 39.2 Å². The van der Waals surface area contributed by atoms with Gasteiger partial charge >= 0.3 is 0 Å². The van der Waals surface area contributed by atoms with E-state index in [1.54, 1.807) is 12.3 Å². The Morgan fingerprint density at radius 3 is 2.90 bits per heavy atom. The van der Waals surface area contributed by atoms with Gasteiger partial charge in [-0.25, -0.2) is 9.97 Å². The molecule has 3 aromatic heterocycles. The van der Waals surface area contributed by atoms with E-state index in [1.165, 1.54) is 16.5 Å². The fraction of sp³-hybridized carbons (Fsp3) is 0.286. The number of aromatic nitrogens is 5. The molecule has 2 aliphatic rings. The lowest BCUT2D eigenvalue weighted by atomic mass is 10.1. The van der Waals surface area contributed by atoms with E-state index in [4.69, 9.17) is 9.26 Å². The van der Waals surface area contributed by atoms with Crippen molar-refractivity contribution >= 4 is 11.0 Å². The molecule has 6 rings (SSSR count). The molecule has 1 aliphatic carbocycles. The molecule has 8 heteroatoms. The number of ether oxygens (including phenoxy) is 1. The Kier molecular flexibility index (Phi) is 3.24. The summed E-state index contributed by atoms with van der Waals surface area (Å²) in [4.78, 5) is 25.8. The fourth-order valence-corrected chi connectivity index (χ4v) is 4.29. The van der Waals surface area contributed by atoms with E-state index >= 15 is 0 Å². The van der Waals surface area contributed by atoms with Gasteiger partial charge in [-0.1, -0.05) is 23.4 Å². The molecule has 4 heterocycles. The zero-order valence-corrected chi connectivity index (χ0v) is 15.9. The van der Waals surface area contributed by atoms with Crippen molar-refractivity contribution in [1.29, 1.82) is 0 Å². The Labute approximate surface area is 165 Å². The maximum absolute atomic E-state index is 12.8. The van der Waals surface area contributed by atoms with Crippen LogP contribution in [0.25, 0.3) is 11.0 Å². The highest BCUT2D eigenvalue weighted by atomic mass is 16.5. The second kappa shape index (κ2) is 5.73. The molecule has 8 nitrogen and oxygen atoms in total. The van der Waals surface area contributed by atoms with E-state index in [-0.39, 0.29) is 30.0 Å². The van der Waals surface area contributed by atoms with Crippen molar-refractivity contribution in [2.24, 2.45) is 0 Å². The first-order chi connectivity index (χ1) is 14.1. The smallest absolute Gasteiger partial charge is 0.263 e. The average molecular weight is 387 g/mol. The Bertz CT molecular complexity index is 1340. The van der Waals surface area contributed by atoms with Gasteiger partial charge in [-0.3, -0.25) is 9.36 Å². The van der Waals surface area contributed by atoms with Crippen LogP contribution in [0.5, 0.6) is 5.75 Å². The van der Waals surface area contributed by atoms with Gasteiger partial charge in [-0.2, -0.15) is 4.98 Å². The third-order valence-electron chi connectivity index (χ3n) is 5.83. The number of aryl methyl sites for hydroxylation is 2. The molecule has 0 N–H and O–H groups in total. The standard InChI is InChI=1S/C21H17N5O3/c1-10-6-7-22-19-14(10)21(27)26(9-23-19)8-13-24-20(25-29-13)16-15-12-5-3-4-11(2)17(12)28-18(15)16/h3-7,9,15-16,18H,8H2,1-2H3/t15-,16-,18-/m1/s1. The molecule has 0 radical (unpaired) electrons. The number of fused-ring (bicyclic) bond motifs is 4. The van der Waals surface area contributed by atoms with Crippen molar-refractivity contribution in [2.45, 2.75) is 38.3 Å². The van der Waals surface area contributed by atoms with Crippen LogP contribution < -0.4 is 10.3 Å². The molecule has 4 aromatic rings. The summed E-state index contributed by atoms with van der Waals surface area (Å²) in [5.74, 6) is 2.36. The lowest BCUT2D eigenvalue weighted by molar-refractivity contribution is 0.304. The number of nitrogens with zero attached hydrogens (tertiary/aromatic N) is 5. The topological polar surface area (TPSA) is 95.9 Å². The molecule has 0 spiro atoms. The minimum absolute atomic E-state index is 0.0651. The van der Waals surface area contributed by atoms with Crippen LogP contribution in [0.3, 0.4) is 0 Å². The van der Waals surface area contributed by atoms with Gasteiger partial charge in [0.15, 0.2) is 11.5 Å². The summed E-state index contributed by atoms with van der Waals surface area (Å²) in [5.41, 5.74) is 3.47. The summed E-state index contributed by atoms with van der Waals surface area (Å²) < 4.78 is 13.0. The second-order valence-corrected chi connectivity index (χ2v) is 7.68. The predicted molar refractivity (Wildman–Crippen MR) is 103 cm³/mol. The van der Waals surface area contributed by atoms with Crippen molar-refractivity contribution in [3.63, 3.8) is 0 Å². The summed E-state index contributed by atoms with van der Waals surface area (Å²) in [5, 5.41) is 4.65. The molecular formula is C21H17N5O3. The molecule has 1 aromatic carbocycles. The third kappa shape index (κ3) is 2.35. The van der Waals surface area contributed by atoms with E-state index in [0.29, 0.717) is 22.7 Å². The third-order valence-corrected chi connectivity index (χ3v) is 5.83. The van der Waals surface area contributed by atoms with Gasteiger partial charge < -0.3 is 9.26 Å². The van der Waals surface area contributed by atoms with Crippen molar-refractivity contribution in [3.05, 3.63) is 75.5 Å². The first-order valence-corrected chi connectivity index (χ1v) is 9.51. The normalized spacial score (nSPS) is 21.7. The quantitative estimate of drug-likeness (QED) is 0.533. The number of rotatable bonds is 3. The van der Waals surface area contributed by atoms with Crippen molar-refractivity contribution in [1.82, 2.24) is 24.7 Å². The summed E-state index contributed by atoms with van der Waals surface area (Å²) in [6.45, 7) is 4.09. The molecule has 3 atom stereocenters. The number of para-hydroxylation sites is 1. The summed E-state index contributed by atoms with van der Waals surface area (Å²) >= 11 is 0. The van der Waals surface area contributed by atoms with Crippen LogP contribution in [0.2, 0.25) is 0 Å². The predicted octanol–water partition coefficient (Wildman–Crippen LogP) is 2.48. The summed E-state index contributed by atoms with van der Waals surface area (Å²) in [6, 6.07) is 8.00. The zero-order valence-electron chi connectivity index (χ0n) is 15.9. The Balaban J connectivity index is 1.28. The van der Waals surface area contributed by atoms with Crippen molar-refractivity contribution in [2.75, 3.05) is 0 Å². The monoisotopic (exact) mass is 387 g/mol. The lowest BCUT2D eigenvalue weighted by Crippen LogP contribution is -2.22. The molecule has 0 saturated heterocycles. The van der Waals surface area contributed by atoms with Gasteiger partial charge in [-0.05, 0) is 31.0 Å². The molecule has 0 bridgehead atoms. The van der Waals surface area contributed by atoms with Gasteiger partial charge in [0.2, 0.25) is 5.89 Å². The largest absolute Gasteiger partial charge is 0.488 e. The van der Waals surface area contributed by atoms with Crippen LogP contribution in [0.15, 0.2) is 46.1 Å². The van der Waals surface area contributed by atoms with Gasteiger partial charge in [0.05, 0.1) is 11.3 Å². The van der Waals surface area contributed by atoms with Crippen LogP contribution in [-0.4, -0.2) is 30.8 Å². The SMILES string of the molecule is Cc1cccc2c1O[C@H]1[C@H](c3noc(Cn4cnc5nccc(C)c5c4=O)n3)[C@@H]21. The first-order valence-electron chi connectivity index (χ1n) is 9.51. The Morgan fingerprint density at radius 1 is 1.10 bits per heavy atom. The minimum atomic E-state index is -0.170. The van der Waals surface area contributed by atoms with Crippen LogP contribution in [0.1, 0.15) is 40.2 Å². The highest BCUT2D eigenvalue weighted by molar-refractivity contribution is 5.76. The molecule has 1 aliphatic heterocycles. The molecule has 29 heavy (non-hydrogen) atoms. The highest BCUT2D eigenvalue weighted by Gasteiger charge is 2.61. The Morgan fingerprint density at radius 2 is 2.00 bits per heavy atom.